The smallest absolute Gasteiger partial charge is 0.248 e. The maximum atomic E-state index is 12.3. The SMILES string of the molecule is CN1CCN(Cc2cc3cc(NC(=O)/C=C/c4ccc(Cl)cc4)ccc3s2)CC1. The number of thiophene rings is 1. The molecular weight excluding hydrogens is 402 g/mol. The molecule has 0 spiro atoms. The summed E-state index contributed by atoms with van der Waals surface area (Å²) in [5, 5.41) is 4.81. The Morgan fingerprint density at radius 1 is 1.10 bits per heavy atom. The quantitative estimate of drug-likeness (QED) is 0.587. The number of piperazine rings is 1. The van der Waals surface area contributed by atoms with E-state index in [0.29, 0.717) is 5.02 Å². The second-order valence-corrected chi connectivity index (χ2v) is 9.02. The maximum Gasteiger partial charge on any atom is 0.248 e. The predicted molar refractivity (Wildman–Crippen MR) is 124 cm³/mol. The van der Waals surface area contributed by atoms with Gasteiger partial charge in [0.15, 0.2) is 0 Å². The molecule has 3 aromatic rings. The van der Waals surface area contributed by atoms with Crippen LogP contribution in [0.25, 0.3) is 16.2 Å². The van der Waals surface area contributed by atoms with E-state index < -0.39 is 0 Å². The Kier molecular flexibility index (Phi) is 6.31. The molecule has 0 aliphatic carbocycles. The van der Waals surface area contributed by atoms with Gasteiger partial charge in [0.05, 0.1) is 0 Å². The zero-order valence-electron chi connectivity index (χ0n) is 16.4. The molecule has 0 atom stereocenters. The predicted octanol–water partition coefficient (Wildman–Crippen LogP) is 4.95. The van der Waals surface area contributed by atoms with Gasteiger partial charge in [0.2, 0.25) is 5.91 Å². The van der Waals surface area contributed by atoms with Crippen molar-refractivity contribution in [2.75, 3.05) is 38.5 Å². The van der Waals surface area contributed by atoms with Crippen molar-refractivity contribution in [2.24, 2.45) is 0 Å². The van der Waals surface area contributed by atoms with Gasteiger partial charge in [0, 0.05) is 59.1 Å². The Balaban J connectivity index is 1.39. The van der Waals surface area contributed by atoms with E-state index in [2.05, 4.69) is 34.3 Å². The molecule has 150 valence electrons. The number of nitrogens with one attached hydrogen (secondary N) is 1. The van der Waals surface area contributed by atoms with Crippen molar-refractivity contribution in [3.05, 3.63) is 70.1 Å². The Bertz CT molecular complexity index is 1020. The topological polar surface area (TPSA) is 35.6 Å². The highest BCUT2D eigenvalue weighted by molar-refractivity contribution is 7.19. The summed E-state index contributed by atoms with van der Waals surface area (Å²) < 4.78 is 1.25. The minimum absolute atomic E-state index is 0.146. The van der Waals surface area contributed by atoms with Crippen molar-refractivity contribution in [1.82, 2.24) is 9.80 Å². The fourth-order valence-electron chi connectivity index (χ4n) is 3.41. The number of anilines is 1. The largest absolute Gasteiger partial charge is 0.322 e. The fraction of sp³-hybridized carbons (Fsp3) is 0.261. The first kappa shape index (κ1) is 20.1. The number of likely N-dealkylation sites (N-methyl/N-ethyl adjacent to an activating group) is 1. The van der Waals surface area contributed by atoms with E-state index in [0.717, 1.165) is 44.0 Å². The van der Waals surface area contributed by atoms with Crippen LogP contribution in [0.1, 0.15) is 10.4 Å². The molecule has 1 saturated heterocycles. The van der Waals surface area contributed by atoms with Crippen molar-refractivity contribution < 1.29 is 4.79 Å². The zero-order valence-corrected chi connectivity index (χ0v) is 18.0. The van der Waals surface area contributed by atoms with Crippen LogP contribution in [-0.2, 0) is 11.3 Å². The average molecular weight is 426 g/mol. The number of benzene rings is 2. The highest BCUT2D eigenvalue weighted by Gasteiger charge is 2.15. The Morgan fingerprint density at radius 3 is 2.62 bits per heavy atom. The molecule has 29 heavy (non-hydrogen) atoms. The summed E-state index contributed by atoms with van der Waals surface area (Å²) in [5.74, 6) is -0.146. The molecule has 4 nitrogen and oxygen atoms in total. The average Bonchev–Trinajstić information content (AvgIpc) is 3.11. The summed E-state index contributed by atoms with van der Waals surface area (Å²) >= 11 is 7.72. The molecule has 0 unspecified atom stereocenters. The van der Waals surface area contributed by atoms with E-state index in [1.807, 2.05) is 47.7 Å². The number of nitrogens with zero attached hydrogens (tertiary/aromatic N) is 2. The van der Waals surface area contributed by atoms with Crippen molar-refractivity contribution in [2.45, 2.75) is 6.54 Å². The number of amides is 1. The van der Waals surface area contributed by atoms with E-state index in [4.69, 9.17) is 11.6 Å². The molecule has 1 aromatic heterocycles. The monoisotopic (exact) mass is 425 g/mol. The third-order valence-corrected chi connectivity index (χ3v) is 6.46. The van der Waals surface area contributed by atoms with Crippen LogP contribution >= 0.6 is 22.9 Å². The van der Waals surface area contributed by atoms with Crippen molar-refractivity contribution in [3.63, 3.8) is 0 Å². The molecule has 1 fully saturated rings. The van der Waals surface area contributed by atoms with Gasteiger partial charge in [-0.25, -0.2) is 0 Å². The van der Waals surface area contributed by atoms with Crippen LogP contribution in [0.15, 0.2) is 54.6 Å². The molecule has 2 heterocycles. The third-order valence-electron chi connectivity index (χ3n) is 5.11. The van der Waals surface area contributed by atoms with Gasteiger partial charge in [-0.1, -0.05) is 23.7 Å². The number of carbonyl (C=O) groups excluding carboxylic acids is 1. The van der Waals surface area contributed by atoms with Gasteiger partial charge in [-0.2, -0.15) is 0 Å². The van der Waals surface area contributed by atoms with Crippen LogP contribution in [0.3, 0.4) is 0 Å². The summed E-state index contributed by atoms with van der Waals surface area (Å²) in [7, 11) is 2.18. The van der Waals surface area contributed by atoms with E-state index in [9.17, 15) is 4.79 Å². The fourth-order valence-corrected chi connectivity index (χ4v) is 4.62. The van der Waals surface area contributed by atoms with Crippen LogP contribution in [0.2, 0.25) is 5.02 Å². The highest BCUT2D eigenvalue weighted by atomic mass is 35.5. The van der Waals surface area contributed by atoms with E-state index in [-0.39, 0.29) is 5.91 Å². The molecule has 4 rings (SSSR count). The van der Waals surface area contributed by atoms with Crippen LogP contribution in [0, 0.1) is 0 Å². The Hall–Kier alpha value is -2.18. The first-order valence-corrected chi connectivity index (χ1v) is 10.9. The van der Waals surface area contributed by atoms with Crippen LogP contribution in [-0.4, -0.2) is 48.9 Å². The van der Waals surface area contributed by atoms with Crippen LogP contribution in [0.4, 0.5) is 5.69 Å². The first-order valence-electron chi connectivity index (χ1n) is 9.73. The highest BCUT2D eigenvalue weighted by Crippen LogP contribution is 2.29. The normalized spacial score (nSPS) is 15.9. The molecule has 1 aliphatic heterocycles. The third kappa shape index (κ3) is 5.46. The van der Waals surface area contributed by atoms with Gasteiger partial charge in [0.25, 0.3) is 0 Å². The van der Waals surface area contributed by atoms with Crippen molar-refractivity contribution in [3.8, 4) is 0 Å². The lowest BCUT2D eigenvalue weighted by atomic mass is 10.2. The Morgan fingerprint density at radius 2 is 1.86 bits per heavy atom. The van der Waals surface area contributed by atoms with Gasteiger partial charge in [-0.3, -0.25) is 9.69 Å². The molecule has 1 N–H and O–H groups in total. The molecule has 0 bridgehead atoms. The summed E-state index contributed by atoms with van der Waals surface area (Å²) in [6.45, 7) is 5.49. The van der Waals surface area contributed by atoms with Crippen molar-refractivity contribution in [1.29, 1.82) is 0 Å². The van der Waals surface area contributed by atoms with Crippen LogP contribution in [0.5, 0.6) is 0 Å². The van der Waals surface area contributed by atoms with Gasteiger partial charge in [-0.05, 0) is 60.5 Å². The molecule has 1 amide bonds. The van der Waals surface area contributed by atoms with Gasteiger partial charge >= 0.3 is 0 Å². The summed E-state index contributed by atoms with van der Waals surface area (Å²) in [5.41, 5.74) is 1.75. The van der Waals surface area contributed by atoms with E-state index in [1.54, 1.807) is 12.2 Å². The number of fused-ring (bicyclic) bond motifs is 1. The second-order valence-electron chi connectivity index (χ2n) is 7.42. The number of halogens is 1. The molecule has 2 aromatic carbocycles. The lowest BCUT2D eigenvalue weighted by molar-refractivity contribution is -0.111. The van der Waals surface area contributed by atoms with E-state index in [1.165, 1.54) is 15.0 Å². The standard InChI is InChI=1S/C23H24ClN3OS/c1-26-10-12-27(13-11-26)16-21-15-18-14-20(7-8-22(18)29-21)25-23(28)9-4-17-2-5-19(24)6-3-17/h2-9,14-15H,10-13,16H2,1H3,(H,25,28)/b9-4+. The van der Waals surface area contributed by atoms with Gasteiger partial charge in [-0.15, -0.1) is 11.3 Å². The molecule has 6 heteroatoms. The van der Waals surface area contributed by atoms with Gasteiger partial charge < -0.3 is 10.2 Å². The number of rotatable bonds is 5. The second kappa shape index (κ2) is 9.09. The minimum atomic E-state index is -0.146. The summed E-state index contributed by atoms with van der Waals surface area (Å²) in [6, 6.07) is 15.7. The van der Waals surface area contributed by atoms with E-state index >= 15 is 0 Å². The van der Waals surface area contributed by atoms with Crippen molar-refractivity contribution >= 4 is 50.7 Å². The summed E-state index contributed by atoms with van der Waals surface area (Å²) in [6.07, 6.45) is 3.32. The Labute approximate surface area is 180 Å². The number of carbonyl (C=O) groups is 1. The molecule has 1 aliphatic rings. The minimum Gasteiger partial charge on any atom is -0.322 e. The van der Waals surface area contributed by atoms with Crippen LogP contribution < -0.4 is 5.32 Å². The zero-order chi connectivity index (χ0) is 20.2. The summed E-state index contributed by atoms with van der Waals surface area (Å²) in [4.78, 5) is 18.5. The maximum absolute atomic E-state index is 12.3. The molecule has 0 saturated carbocycles. The molecule has 0 radical (unpaired) electrons. The lowest BCUT2D eigenvalue weighted by Gasteiger charge is -2.31. The number of hydrogen-bond acceptors (Lipinski definition) is 4. The lowest BCUT2D eigenvalue weighted by Crippen LogP contribution is -2.43. The molecular formula is C23H24ClN3OS. The number of hydrogen-bond donors (Lipinski definition) is 1. The first-order chi connectivity index (χ1) is 14.0. The van der Waals surface area contributed by atoms with Gasteiger partial charge in [0.1, 0.15) is 0 Å².